The Morgan fingerprint density at radius 1 is 1.29 bits per heavy atom. The Kier molecular flexibility index (Phi) is 4.57. The van der Waals surface area contributed by atoms with Crippen LogP contribution in [0.5, 0.6) is 0 Å². The number of rotatable bonds is 5. The summed E-state index contributed by atoms with van der Waals surface area (Å²) in [5.41, 5.74) is 0. The number of hydrogen-bond donors (Lipinski definition) is 1. The summed E-state index contributed by atoms with van der Waals surface area (Å²) in [6, 6.07) is 0.844. The molecule has 0 unspecified atom stereocenters. The predicted molar refractivity (Wildman–Crippen MR) is 78.7 cm³/mol. The third kappa shape index (κ3) is 3.27. The minimum atomic E-state index is -0.283. The van der Waals surface area contributed by atoms with Gasteiger partial charge in [0.1, 0.15) is 0 Å². The molecule has 6 nitrogen and oxygen atoms in total. The van der Waals surface area contributed by atoms with Crippen LogP contribution in [0.25, 0.3) is 0 Å². The van der Waals surface area contributed by atoms with E-state index in [2.05, 4.69) is 26.9 Å². The number of aliphatic hydroxyl groups excluding tert-OH is 1. The Bertz CT molecular complexity index is 458. The van der Waals surface area contributed by atoms with Crippen LogP contribution in [0, 0.1) is 6.92 Å². The number of nitrogens with zero attached hydrogens (tertiary/aromatic N) is 4. The van der Waals surface area contributed by atoms with Gasteiger partial charge in [-0.2, -0.15) is 0 Å². The summed E-state index contributed by atoms with van der Waals surface area (Å²) in [6.07, 6.45) is 4.96. The molecule has 2 heterocycles. The summed E-state index contributed by atoms with van der Waals surface area (Å²) < 4.78 is 5.48. The van der Waals surface area contributed by atoms with Gasteiger partial charge in [-0.05, 0) is 19.4 Å². The number of β-amino-alcohol motifs (C(OH)–C–C–N with tert-alkyl or cyclic N) is 1. The number of likely N-dealkylation sites (tertiary alicyclic amines) is 1. The van der Waals surface area contributed by atoms with Crippen LogP contribution in [0.3, 0.4) is 0 Å². The van der Waals surface area contributed by atoms with E-state index in [0.29, 0.717) is 24.4 Å². The standard InChI is InChI=1S/C15H26N4O2/c1-3-18(10-15-17-16-11(2)21-15)13-8-19(9-14(13)20)12-6-4-5-7-12/h12-14,20H,3-10H2,1-2H3/t13-,14+/m0/s1. The van der Waals surface area contributed by atoms with E-state index in [0.717, 1.165) is 19.6 Å². The highest BCUT2D eigenvalue weighted by molar-refractivity contribution is 4.95. The third-order valence-electron chi connectivity index (χ3n) is 4.91. The molecular weight excluding hydrogens is 268 g/mol. The lowest BCUT2D eigenvalue weighted by Gasteiger charge is -2.29. The van der Waals surface area contributed by atoms with Gasteiger partial charge in [0.2, 0.25) is 11.8 Å². The second-order valence-electron chi connectivity index (χ2n) is 6.30. The van der Waals surface area contributed by atoms with Crippen molar-refractivity contribution in [1.82, 2.24) is 20.0 Å². The van der Waals surface area contributed by atoms with E-state index in [1.54, 1.807) is 6.92 Å². The van der Waals surface area contributed by atoms with Crippen molar-refractivity contribution in [2.75, 3.05) is 19.6 Å². The fourth-order valence-corrected chi connectivity index (χ4v) is 3.76. The first kappa shape index (κ1) is 14.9. The SMILES string of the molecule is CCN(Cc1nnc(C)o1)[C@H]1CN(C2CCCC2)C[C@H]1O. The van der Waals surface area contributed by atoms with E-state index in [1.807, 2.05) is 0 Å². The van der Waals surface area contributed by atoms with Crippen LogP contribution >= 0.6 is 0 Å². The zero-order chi connectivity index (χ0) is 14.8. The Morgan fingerprint density at radius 3 is 2.67 bits per heavy atom. The van der Waals surface area contributed by atoms with Crippen LogP contribution in [0.15, 0.2) is 4.42 Å². The molecule has 0 spiro atoms. The van der Waals surface area contributed by atoms with Gasteiger partial charge in [-0.3, -0.25) is 9.80 Å². The van der Waals surface area contributed by atoms with Crippen molar-refractivity contribution in [2.45, 2.75) is 64.3 Å². The van der Waals surface area contributed by atoms with Gasteiger partial charge in [-0.15, -0.1) is 10.2 Å². The average Bonchev–Trinajstić information content (AvgIpc) is 3.17. The summed E-state index contributed by atoms with van der Waals surface area (Å²) in [5, 5.41) is 18.4. The molecule has 21 heavy (non-hydrogen) atoms. The number of hydrogen-bond acceptors (Lipinski definition) is 6. The van der Waals surface area contributed by atoms with Gasteiger partial charge in [-0.1, -0.05) is 19.8 Å². The van der Waals surface area contributed by atoms with Crippen LogP contribution in [0.4, 0.5) is 0 Å². The quantitative estimate of drug-likeness (QED) is 0.880. The Balaban J connectivity index is 1.63. The molecule has 2 atom stereocenters. The van der Waals surface area contributed by atoms with Crippen molar-refractivity contribution in [3.8, 4) is 0 Å². The zero-order valence-corrected chi connectivity index (χ0v) is 13.0. The molecule has 1 aromatic heterocycles. The fraction of sp³-hybridized carbons (Fsp3) is 0.867. The van der Waals surface area contributed by atoms with Gasteiger partial charge in [0.15, 0.2) is 0 Å². The van der Waals surface area contributed by atoms with Crippen molar-refractivity contribution in [3.05, 3.63) is 11.8 Å². The van der Waals surface area contributed by atoms with Gasteiger partial charge >= 0.3 is 0 Å². The minimum Gasteiger partial charge on any atom is -0.424 e. The molecular formula is C15H26N4O2. The molecule has 2 fully saturated rings. The molecule has 1 N–H and O–H groups in total. The van der Waals surface area contributed by atoms with E-state index in [-0.39, 0.29) is 12.1 Å². The maximum absolute atomic E-state index is 10.5. The first-order valence-electron chi connectivity index (χ1n) is 8.12. The number of aryl methyl sites for hydroxylation is 1. The first-order chi connectivity index (χ1) is 10.2. The van der Waals surface area contributed by atoms with E-state index in [1.165, 1.54) is 25.7 Å². The van der Waals surface area contributed by atoms with Crippen LogP contribution in [-0.4, -0.2) is 62.9 Å². The van der Waals surface area contributed by atoms with Crippen LogP contribution in [0.1, 0.15) is 44.4 Å². The smallest absolute Gasteiger partial charge is 0.230 e. The predicted octanol–water partition coefficient (Wildman–Crippen LogP) is 1.19. The lowest BCUT2D eigenvalue weighted by atomic mass is 10.2. The van der Waals surface area contributed by atoms with E-state index < -0.39 is 0 Å². The topological polar surface area (TPSA) is 65.6 Å². The summed E-state index contributed by atoms with van der Waals surface area (Å²) in [5.74, 6) is 1.24. The van der Waals surface area contributed by atoms with Crippen molar-refractivity contribution in [1.29, 1.82) is 0 Å². The highest BCUT2D eigenvalue weighted by Crippen LogP contribution is 2.28. The molecule has 6 heteroatoms. The van der Waals surface area contributed by atoms with Crippen molar-refractivity contribution in [3.63, 3.8) is 0 Å². The molecule has 1 aliphatic heterocycles. The summed E-state index contributed by atoms with van der Waals surface area (Å²) in [6.45, 7) is 7.17. The molecule has 0 aromatic carbocycles. The van der Waals surface area contributed by atoms with Gasteiger partial charge < -0.3 is 9.52 Å². The molecule has 0 bridgehead atoms. The van der Waals surface area contributed by atoms with E-state index in [9.17, 15) is 5.11 Å². The summed E-state index contributed by atoms with van der Waals surface area (Å²) in [7, 11) is 0. The molecule has 3 rings (SSSR count). The van der Waals surface area contributed by atoms with Gasteiger partial charge in [0.05, 0.1) is 18.7 Å². The lowest BCUT2D eigenvalue weighted by molar-refractivity contribution is 0.0759. The Morgan fingerprint density at radius 2 is 2.05 bits per heavy atom. The van der Waals surface area contributed by atoms with Gasteiger partial charge in [0.25, 0.3) is 0 Å². The largest absolute Gasteiger partial charge is 0.424 e. The molecule has 2 aliphatic rings. The van der Waals surface area contributed by atoms with Crippen LogP contribution in [-0.2, 0) is 6.54 Å². The maximum atomic E-state index is 10.5. The molecule has 0 radical (unpaired) electrons. The first-order valence-corrected chi connectivity index (χ1v) is 8.12. The number of aromatic nitrogens is 2. The third-order valence-corrected chi connectivity index (χ3v) is 4.91. The van der Waals surface area contributed by atoms with Crippen molar-refractivity contribution >= 4 is 0 Å². The lowest BCUT2D eigenvalue weighted by Crippen LogP contribution is -2.43. The second kappa shape index (κ2) is 6.42. The number of aliphatic hydroxyl groups is 1. The summed E-state index contributed by atoms with van der Waals surface area (Å²) in [4.78, 5) is 4.73. The molecule has 0 amide bonds. The molecule has 1 saturated heterocycles. The molecule has 1 aliphatic carbocycles. The number of likely N-dealkylation sites (N-methyl/N-ethyl adjacent to an activating group) is 1. The molecule has 1 saturated carbocycles. The molecule has 118 valence electrons. The highest BCUT2D eigenvalue weighted by Gasteiger charge is 2.38. The van der Waals surface area contributed by atoms with Crippen molar-refractivity contribution < 1.29 is 9.52 Å². The monoisotopic (exact) mass is 294 g/mol. The van der Waals surface area contributed by atoms with E-state index >= 15 is 0 Å². The Labute approximate surface area is 126 Å². The van der Waals surface area contributed by atoms with Crippen LogP contribution < -0.4 is 0 Å². The maximum Gasteiger partial charge on any atom is 0.230 e. The second-order valence-corrected chi connectivity index (χ2v) is 6.30. The zero-order valence-electron chi connectivity index (χ0n) is 13.0. The normalized spacial score (nSPS) is 28.0. The van der Waals surface area contributed by atoms with Crippen molar-refractivity contribution in [2.24, 2.45) is 0 Å². The summed E-state index contributed by atoms with van der Waals surface area (Å²) >= 11 is 0. The van der Waals surface area contributed by atoms with Gasteiger partial charge in [0, 0.05) is 26.1 Å². The van der Waals surface area contributed by atoms with E-state index in [4.69, 9.17) is 4.42 Å². The Hall–Kier alpha value is -0.980. The minimum absolute atomic E-state index is 0.169. The highest BCUT2D eigenvalue weighted by atomic mass is 16.4. The fourth-order valence-electron chi connectivity index (χ4n) is 3.76. The molecule has 1 aromatic rings. The van der Waals surface area contributed by atoms with Crippen LogP contribution in [0.2, 0.25) is 0 Å². The van der Waals surface area contributed by atoms with Gasteiger partial charge in [-0.25, -0.2) is 0 Å². The average molecular weight is 294 g/mol.